The van der Waals surface area contributed by atoms with E-state index in [0.29, 0.717) is 6.54 Å². The van der Waals surface area contributed by atoms with Gasteiger partial charge >= 0.3 is 0 Å². The Balaban J connectivity index is 1.99. The minimum atomic E-state index is 0.138. The zero-order valence-electron chi connectivity index (χ0n) is 9.11. The predicted molar refractivity (Wildman–Crippen MR) is 68.4 cm³/mol. The van der Waals surface area contributed by atoms with Crippen molar-refractivity contribution >= 4 is 23.4 Å². The Bertz CT molecular complexity index is 375. The van der Waals surface area contributed by atoms with Gasteiger partial charge < -0.3 is 11.1 Å². The zero-order valence-corrected chi connectivity index (χ0v) is 9.93. The fourth-order valence-corrected chi connectivity index (χ4v) is 2.98. The van der Waals surface area contributed by atoms with E-state index in [2.05, 4.69) is 5.32 Å². The molecule has 1 atom stereocenters. The number of hydrogen-bond acceptors (Lipinski definition) is 3. The molecule has 1 aliphatic rings. The smallest absolute Gasteiger partial charge is 0.228 e. The lowest BCUT2D eigenvalue weighted by Crippen LogP contribution is -2.22. The molecule has 86 valence electrons. The summed E-state index contributed by atoms with van der Waals surface area (Å²) in [4.78, 5) is 11.9. The summed E-state index contributed by atoms with van der Waals surface area (Å²) < 4.78 is 0. The van der Waals surface area contributed by atoms with E-state index in [1.165, 1.54) is 0 Å². The maximum atomic E-state index is 11.9. The number of anilines is 1. The molecule has 1 heterocycles. The second-order valence-corrected chi connectivity index (χ2v) is 5.10. The van der Waals surface area contributed by atoms with Gasteiger partial charge in [-0.1, -0.05) is 12.1 Å². The van der Waals surface area contributed by atoms with Crippen LogP contribution in [0.1, 0.15) is 12.0 Å². The number of carbonyl (C=O) groups excluding carboxylic acids is 1. The first-order valence-corrected chi connectivity index (χ1v) is 6.62. The Kier molecular flexibility index (Phi) is 3.85. The SMILES string of the molecule is NCc1cccc(NC(=O)C2CCSC2)c1. The summed E-state index contributed by atoms with van der Waals surface area (Å²) in [5, 5.41) is 2.95. The maximum absolute atomic E-state index is 11.9. The first kappa shape index (κ1) is 11.5. The van der Waals surface area contributed by atoms with E-state index in [-0.39, 0.29) is 11.8 Å². The number of rotatable bonds is 3. The third-order valence-electron chi connectivity index (χ3n) is 2.73. The minimum absolute atomic E-state index is 0.138. The number of carbonyl (C=O) groups is 1. The fraction of sp³-hybridized carbons (Fsp3) is 0.417. The molecule has 1 aromatic rings. The van der Waals surface area contributed by atoms with Gasteiger partial charge in [-0.2, -0.15) is 11.8 Å². The molecule has 1 aliphatic heterocycles. The van der Waals surface area contributed by atoms with Gasteiger partial charge in [0.2, 0.25) is 5.91 Å². The van der Waals surface area contributed by atoms with Crippen LogP contribution in [0.5, 0.6) is 0 Å². The lowest BCUT2D eigenvalue weighted by atomic mass is 10.1. The average molecular weight is 236 g/mol. The first-order valence-electron chi connectivity index (χ1n) is 5.47. The van der Waals surface area contributed by atoms with Gasteiger partial charge in [-0.25, -0.2) is 0 Å². The van der Waals surface area contributed by atoms with Crippen molar-refractivity contribution in [1.29, 1.82) is 0 Å². The second-order valence-electron chi connectivity index (χ2n) is 3.95. The summed E-state index contributed by atoms with van der Waals surface area (Å²) in [5.74, 6) is 2.36. The van der Waals surface area contributed by atoms with Crippen LogP contribution in [0.3, 0.4) is 0 Å². The molecule has 0 aliphatic carbocycles. The Morgan fingerprint density at radius 2 is 2.44 bits per heavy atom. The third kappa shape index (κ3) is 2.77. The molecule has 2 rings (SSSR count). The summed E-state index contributed by atoms with van der Waals surface area (Å²) in [6, 6.07) is 7.71. The topological polar surface area (TPSA) is 55.1 Å². The van der Waals surface area contributed by atoms with Gasteiger partial charge in [0.25, 0.3) is 0 Å². The fourth-order valence-electron chi connectivity index (χ4n) is 1.76. The van der Waals surface area contributed by atoms with Crippen molar-refractivity contribution in [2.45, 2.75) is 13.0 Å². The number of thioether (sulfide) groups is 1. The lowest BCUT2D eigenvalue weighted by molar-refractivity contribution is -0.119. The van der Waals surface area contributed by atoms with Gasteiger partial charge in [-0.05, 0) is 29.9 Å². The highest BCUT2D eigenvalue weighted by molar-refractivity contribution is 7.99. The molecule has 0 radical (unpaired) electrons. The third-order valence-corrected chi connectivity index (χ3v) is 3.89. The molecular formula is C12H16N2OS. The Morgan fingerprint density at radius 1 is 1.56 bits per heavy atom. The van der Waals surface area contributed by atoms with Crippen molar-refractivity contribution < 1.29 is 4.79 Å². The van der Waals surface area contributed by atoms with Gasteiger partial charge in [0.05, 0.1) is 0 Å². The summed E-state index contributed by atoms with van der Waals surface area (Å²) in [6.45, 7) is 0.503. The van der Waals surface area contributed by atoms with Crippen LogP contribution < -0.4 is 11.1 Å². The van der Waals surface area contributed by atoms with Crippen molar-refractivity contribution in [2.24, 2.45) is 11.7 Å². The van der Waals surface area contributed by atoms with Gasteiger partial charge in [-0.3, -0.25) is 4.79 Å². The van der Waals surface area contributed by atoms with Gasteiger partial charge in [0.1, 0.15) is 0 Å². The molecule has 1 aromatic carbocycles. The van der Waals surface area contributed by atoms with Crippen molar-refractivity contribution in [3.8, 4) is 0 Å². The van der Waals surface area contributed by atoms with Crippen LogP contribution in [-0.2, 0) is 11.3 Å². The largest absolute Gasteiger partial charge is 0.326 e. The summed E-state index contributed by atoms with van der Waals surface area (Å²) in [7, 11) is 0. The van der Waals surface area contributed by atoms with Crippen molar-refractivity contribution in [1.82, 2.24) is 0 Å². The maximum Gasteiger partial charge on any atom is 0.228 e. The van der Waals surface area contributed by atoms with Crippen LogP contribution in [0.15, 0.2) is 24.3 Å². The second kappa shape index (κ2) is 5.37. The van der Waals surface area contributed by atoms with E-state index in [0.717, 1.165) is 29.2 Å². The zero-order chi connectivity index (χ0) is 11.4. The molecule has 4 heteroatoms. The van der Waals surface area contributed by atoms with E-state index in [1.807, 2.05) is 36.0 Å². The number of nitrogens with one attached hydrogen (secondary N) is 1. The molecule has 0 aromatic heterocycles. The molecule has 0 bridgehead atoms. The summed E-state index contributed by atoms with van der Waals surface area (Å²) >= 11 is 1.85. The molecule has 1 fully saturated rings. The predicted octanol–water partition coefficient (Wildman–Crippen LogP) is 1.84. The van der Waals surface area contributed by atoms with Crippen LogP contribution in [0.2, 0.25) is 0 Å². The normalized spacial score (nSPS) is 19.7. The molecule has 3 nitrogen and oxygen atoms in total. The van der Waals surface area contributed by atoms with Gasteiger partial charge in [0, 0.05) is 23.9 Å². The van der Waals surface area contributed by atoms with E-state index in [9.17, 15) is 4.79 Å². The highest BCUT2D eigenvalue weighted by atomic mass is 32.2. The van der Waals surface area contributed by atoms with E-state index >= 15 is 0 Å². The van der Waals surface area contributed by atoms with Crippen LogP contribution in [0, 0.1) is 5.92 Å². The van der Waals surface area contributed by atoms with Crippen LogP contribution >= 0.6 is 11.8 Å². The number of benzene rings is 1. The number of hydrogen-bond donors (Lipinski definition) is 2. The van der Waals surface area contributed by atoms with Gasteiger partial charge in [-0.15, -0.1) is 0 Å². The Labute approximate surface area is 99.8 Å². The van der Waals surface area contributed by atoms with Crippen LogP contribution in [0.4, 0.5) is 5.69 Å². The molecule has 1 saturated heterocycles. The van der Waals surface area contributed by atoms with E-state index in [4.69, 9.17) is 5.73 Å². The van der Waals surface area contributed by atoms with Crippen LogP contribution in [0.25, 0.3) is 0 Å². The highest BCUT2D eigenvalue weighted by Crippen LogP contribution is 2.24. The molecule has 1 amide bonds. The Hall–Kier alpha value is -1.00. The molecular weight excluding hydrogens is 220 g/mol. The summed E-state index contributed by atoms with van der Waals surface area (Å²) in [6.07, 6.45) is 0.993. The highest BCUT2D eigenvalue weighted by Gasteiger charge is 2.22. The molecule has 16 heavy (non-hydrogen) atoms. The summed E-state index contributed by atoms with van der Waals surface area (Å²) in [5.41, 5.74) is 7.45. The Morgan fingerprint density at radius 3 is 3.12 bits per heavy atom. The monoisotopic (exact) mass is 236 g/mol. The number of nitrogens with two attached hydrogens (primary N) is 1. The van der Waals surface area contributed by atoms with E-state index < -0.39 is 0 Å². The minimum Gasteiger partial charge on any atom is -0.326 e. The van der Waals surface area contributed by atoms with Crippen molar-refractivity contribution in [2.75, 3.05) is 16.8 Å². The van der Waals surface area contributed by atoms with Crippen molar-refractivity contribution in [3.63, 3.8) is 0 Å². The van der Waals surface area contributed by atoms with Crippen LogP contribution in [-0.4, -0.2) is 17.4 Å². The molecule has 3 N–H and O–H groups in total. The van der Waals surface area contributed by atoms with Gasteiger partial charge in [0.15, 0.2) is 0 Å². The molecule has 0 spiro atoms. The average Bonchev–Trinajstić information content (AvgIpc) is 2.83. The number of amides is 1. The standard InChI is InChI=1S/C12H16N2OS/c13-7-9-2-1-3-11(6-9)14-12(15)10-4-5-16-8-10/h1-3,6,10H,4-5,7-8,13H2,(H,14,15). The molecule has 1 unspecified atom stereocenters. The van der Waals surface area contributed by atoms with Crippen molar-refractivity contribution in [3.05, 3.63) is 29.8 Å². The quantitative estimate of drug-likeness (QED) is 0.842. The first-order chi connectivity index (χ1) is 7.79. The molecule has 0 saturated carbocycles. The van der Waals surface area contributed by atoms with E-state index in [1.54, 1.807) is 0 Å². The lowest BCUT2D eigenvalue weighted by Gasteiger charge is -2.10.